The van der Waals surface area contributed by atoms with Gasteiger partial charge in [0.2, 0.25) is 0 Å². The first-order chi connectivity index (χ1) is 8.84. The highest BCUT2D eigenvalue weighted by molar-refractivity contribution is 5.32. The highest BCUT2D eigenvalue weighted by atomic mass is 16.3. The average Bonchev–Trinajstić information content (AvgIpc) is 2.90. The van der Waals surface area contributed by atoms with Crippen LogP contribution in [0.1, 0.15) is 23.1 Å². The molecule has 0 aliphatic carbocycles. The van der Waals surface area contributed by atoms with Crippen molar-refractivity contribution >= 4 is 0 Å². The molecular weight excluding hydrogens is 226 g/mol. The molecule has 0 radical (unpaired) electrons. The Morgan fingerprint density at radius 1 is 1.11 bits per heavy atom. The van der Waals surface area contributed by atoms with Gasteiger partial charge in [-0.3, -0.25) is 10.4 Å². The van der Waals surface area contributed by atoms with E-state index >= 15 is 0 Å². The van der Waals surface area contributed by atoms with E-state index in [0.717, 1.165) is 6.54 Å². The molecule has 4 nitrogen and oxygen atoms in total. The molecule has 2 atom stereocenters. The van der Waals surface area contributed by atoms with Gasteiger partial charge in [-0.05, 0) is 29.3 Å². The number of rotatable bonds is 2. The Labute approximate surface area is 106 Å². The fourth-order valence-corrected chi connectivity index (χ4v) is 2.40. The van der Waals surface area contributed by atoms with Gasteiger partial charge in [-0.1, -0.05) is 18.2 Å². The molecule has 18 heavy (non-hydrogen) atoms. The first kappa shape index (κ1) is 11.2. The number of hydrogen-bond donors (Lipinski definition) is 3. The number of pyridine rings is 1. The Bertz CT molecular complexity index is 512. The molecule has 0 amide bonds. The molecule has 1 fully saturated rings. The predicted octanol–water partition coefficient (Wildman–Crippen LogP) is 1.72. The van der Waals surface area contributed by atoms with Crippen LogP contribution in [0.4, 0.5) is 0 Å². The van der Waals surface area contributed by atoms with E-state index in [0.29, 0.717) is 11.7 Å². The molecule has 4 heteroatoms. The summed E-state index contributed by atoms with van der Waals surface area (Å²) >= 11 is 0. The molecule has 92 valence electrons. The number of benzene rings is 1. The molecule has 3 rings (SSSR count). The molecule has 0 bridgehead atoms. The topological polar surface area (TPSA) is 57.2 Å². The van der Waals surface area contributed by atoms with Crippen LogP contribution in [0, 0.1) is 0 Å². The fraction of sp³-hybridized carbons (Fsp3) is 0.214. The van der Waals surface area contributed by atoms with Gasteiger partial charge < -0.3 is 5.11 Å². The van der Waals surface area contributed by atoms with Crippen molar-refractivity contribution in [1.82, 2.24) is 15.8 Å². The van der Waals surface area contributed by atoms with E-state index in [4.69, 9.17) is 0 Å². The maximum absolute atomic E-state index is 9.34. The van der Waals surface area contributed by atoms with Crippen LogP contribution >= 0.6 is 0 Å². The molecule has 0 spiro atoms. The lowest BCUT2D eigenvalue weighted by Gasteiger charge is -2.18. The monoisotopic (exact) mass is 241 g/mol. The summed E-state index contributed by atoms with van der Waals surface area (Å²) in [7, 11) is 0. The van der Waals surface area contributed by atoms with Crippen LogP contribution in [0.2, 0.25) is 0 Å². The third-order valence-electron chi connectivity index (χ3n) is 3.35. The van der Waals surface area contributed by atoms with Gasteiger partial charge in [0, 0.05) is 24.9 Å². The fourth-order valence-electron chi connectivity index (χ4n) is 2.40. The minimum absolute atomic E-state index is 0.211. The Hall–Kier alpha value is -1.91. The number of hydrogen-bond acceptors (Lipinski definition) is 4. The zero-order chi connectivity index (χ0) is 12.4. The molecule has 1 aromatic carbocycles. The summed E-state index contributed by atoms with van der Waals surface area (Å²) in [6.45, 7) is 0.865. The molecule has 2 unspecified atom stereocenters. The summed E-state index contributed by atoms with van der Waals surface area (Å²) in [5, 5.41) is 9.34. The SMILES string of the molecule is Oc1ccc(C2CNNC2c2cccnc2)cc1. The average molecular weight is 241 g/mol. The summed E-state index contributed by atoms with van der Waals surface area (Å²) in [6, 6.07) is 11.6. The van der Waals surface area contributed by atoms with Crippen molar-refractivity contribution in [3.05, 3.63) is 59.9 Å². The van der Waals surface area contributed by atoms with Crippen molar-refractivity contribution in [2.75, 3.05) is 6.54 Å². The van der Waals surface area contributed by atoms with Gasteiger partial charge in [-0.2, -0.15) is 0 Å². The van der Waals surface area contributed by atoms with Gasteiger partial charge in [0.15, 0.2) is 0 Å². The highest BCUT2D eigenvalue weighted by Crippen LogP contribution is 2.33. The standard InChI is InChI=1S/C14H15N3O/c18-12-5-3-10(4-6-12)13-9-16-17-14(13)11-2-1-7-15-8-11/h1-8,13-14,16-18H,9H2. The molecule has 3 N–H and O–H groups in total. The van der Waals surface area contributed by atoms with Crippen molar-refractivity contribution < 1.29 is 5.11 Å². The predicted molar refractivity (Wildman–Crippen MR) is 69.0 cm³/mol. The maximum Gasteiger partial charge on any atom is 0.115 e. The van der Waals surface area contributed by atoms with Crippen LogP contribution in [0.5, 0.6) is 5.75 Å². The van der Waals surface area contributed by atoms with E-state index in [1.807, 2.05) is 24.4 Å². The number of phenols is 1. The lowest BCUT2D eigenvalue weighted by molar-refractivity contribution is 0.474. The number of aromatic nitrogens is 1. The quantitative estimate of drug-likeness (QED) is 0.749. The van der Waals surface area contributed by atoms with Gasteiger partial charge in [-0.25, -0.2) is 5.43 Å². The number of nitrogens with one attached hydrogen (secondary N) is 2. The summed E-state index contributed by atoms with van der Waals surface area (Å²) in [6.07, 6.45) is 3.67. The molecule has 2 heterocycles. The number of hydrazine groups is 1. The molecule has 1 aliphatic heterocycles. The number of phenolic OH excluding ortho intramolecular Hbond substituents is 1. The van der Waals surface area contributed by atoms with Crippen LogP contribution in [-0.4, -0.2) is 16.6 Å². The molecule has 2 aromatic rings. The van der Waals surface area contributed by atoms with Crippen molar-refractivity contribution in [3.63, 3.8) is 0 Å². The Morgan fingerprint density at radius 2 is 1.94 bits per heavy atom. The second kappa shape index (κ2) is 4.76. The zero-order valence-corrected chi connectivity index (χ0v) is 9.88. The van der Waals surface area contributed by atoms with Gasteiger partial charge in [0.05, 0.1) is 6.04 Å². The van der Waals surface area contributed by atoms with Crippen molar-refractivity contribution in [3.8, 4) is 5.75 Å². The Morgan fingerprint density at radius 3 is 2.67 bits per heavy atom. The zero-order valence-electron chi connectivity index (χ0n) is 9.88. The number of nitrogens with zero attached hydrogens (tertiary/aromatic N) is 1. The molecule has 1 aromatic heterocycles. The Balaban J connectivity index is 1.90. The first-order valence-electron chi connectivity index (χ1n) is 6.02. The van der Waals surface area contributed by atoms with E-state index in [2.05, 4.69) is 21.9 Å². The van der Waals surface area contributed by atoms with Crippen molar-refractivity contribution in [2.24, 2.45) is 0 Å². The molecule has 0 saturated carbocycles. The summed E-state index contributed by atoms with van der Waals surface area (Å²) < 4.78 is 0. The van der Waals surface area contributed by atoms with Crippen molar-refractivity contribution in [1.29, 1.82) is 0 Å². The Kier molecular flexibility index (Phi) is 2.96. The third-order valence-corrected chi connectivity index (χ3v) is 3.35. The highest BCUT2D eigenvalue weighted by Gasteiger charge is 2.29. The second-order valence-corrected chi connectivity index (χ2v) is 4.49. The molecular formula is C14H15N3O. The van der Waals surface area contributed by atoms with Crippen LogP contribution in [0.15, 0.2) is 48.8 Å². The molecule has 1 saturated heterocycles. The first-order valence-corrected chi connectivity index (χ1v) is 6.02. The van der Waals surface area contributed by atoms with Gasteiger partial charge in [-0.15, -0.1) is 0 Å². The minimum Gasteiger partial charge on any atom is -0.508 e. The van der Waals surface area contributed by atoms with E-state index in [-0.39, 0.29) is 6.04 Å². The lowest BCUT2D eigenvalue weighted by atomic mass is 9.89. The van der Waals surface area contributed by atoms with Gasteiger partial charge in [0.25, 0.3) is 0 Å². The summed E-state index contributed by atoms with van der Waals surface area (Å²) in [4.78, 5) is 4.16. The van der Waals surface area contributed by atoms with Crippen LogP contribution in [0.3, 0.4) is 0 Å². The van der Waals surface area contributed by atoms with Crippen molar-refractivity contribution in [2.45, 2.75) is 12.0 Å². The summed E-state index contributed by atoms with van der Waals surface area (Å²) in [5.74, 6) is 0.644. The van der Waals surface area contributed by atoms with Crippen LogP contribution in [0.25, 0.3) is 0 Å². The van der Waals surface area contributed by atoms with E-state index in [9.17, 15) is 5.11 Å². The largest absolute Gasteiger partial charge is 0.508 e. The summed E-state index contributed by atoms with van der Waals surface area (Å²) in [5.41, 5.74) is 8.85. The lowest BCUT2D eigenvalue weighted by Crippen LogP contribution is -2.24. The van der Waals surface area contributed by atoms with Crippen LogP contribution < -0.4 is 10.9 Å². The van der Waals surface area contributed by atoms with Crippen LogP contribution in [-0.2, 0) is 0 Å². The second-order valence-electron chi connectivity index (χ2n) is 4.49. The molecule has 1 aliphatic rings. The van der Waals surface area contributed by atoms with Gasteiger partial charge >= 0.3 is 0 Å². The minimum atomic E-state index is 0.211. The van der Waals surface area contributed by atoms with Gasteiger partial charge in [0.1, 0.15) is 5.75 Å². The maximum atomic E-state index is 9.34. The third kappa shape index (κ3) is 2.08. The number of aromatic hydroxyl groups is 1. The smallest absolute Gasteiger partial charge is 0.115 e. The van der Waals surface area contributed by atoms with E-state index in [1.165, 1.54) is 11.1 Å². The normalized spacial score (nSPS) is 23.1. The van der Waals surface area contributed by atoms with E-state index in [1.54, 1.807) is 18.3 Å². The van der Waals surface area contributed by atoms with E-state index < -0.39 is 0 Å².